The second-order valence-corrected chi connectivity index (χ2v) is 5.06. The summed E-state index contributed by atoms with van der Waals surface area (Å²) in [4.78, 5) is 23.7. The third kappa shape index (κ3) is 3.18. The van der Waals surface area contributed by atoms with Crippen LogP contribution >= 0.6 is 11.6 Å². The number of carbonyl (C=O) groups excluding carboxylic acids is 2. The predicted molar refractivity (Wildman–Crippen MR) is 78.7 cm³/mol. The van der Waals surface area contributed by atoms with Gasteiger partial charge < -0.3 is 16.4 Å². The van der Waals surface area contributed by atoms with Gasteiger partial charge in [-0.2, -0.15) is 0 Å². The van der Waals surface area contributed by atoms with Crippen molar-refractivity contribution in [1.82, 2.24) is 5.32 Å². The number of halogens is 1. The zero-order valence-corrected chi connectivity index (χ0v) is 11.8. The minimum Gasteiger partial charge on any atom is -0.355 e. The molecule has 20 heavy (non-hydrogen) atoms. The number of anilines is 1. The van der Waals surface area contributed by atoms with Crippen LogP contribution in [0.2, 0.25) is 5.02 Å². The number of carbonyl (C=O) groups is 2. The maximum absolute atomic E-state index is 12.1. The quantitative estimate of drug-likeness (QED) is 0.739. The van der Waals surface area contributed by atoms with E-state index in [-0.39, 0.29) is 23.8 Å². The summed E-state index contributed by atoms with van der Waals surface area (Å²) in [6.07, 6.45) is 4.18. The van der Waals surface area contributed by atoms with Crippen LogP contribution in [0.15, 0.2) is 30.4 Å². The lowest BCUT2D eigenvalue weighted by atomic mass is 10.1. The van der Waals surface area contributed by atoms with Crippen molar-refractivity contribution in [2.75, 3.05) is 12.4 Å². The molecular weight excluding hydrogens is 278 g/mol. The van der Waals surface area contributed by atoms with Crippen molar-refractivity contribution in [3.8, 4) is 0 Å². The highest BCUT2D eigenvalue weighted by molar-refractivity contribution is 6.34. The summed E-state index contributed by atoms with van der Waals surface area (Å²) < 4.78 is 0. The molecule has 5 nitrogen and oxygen atoms in total. The van der Waals surface area contributed by atoms with Crippen molar-refractivity contribution in [2.24, 2.45) is 11.7 Å². The predicted octanol–water partition coefficient (Wildman–Crippen LogP) is 1.54. The molecule has 2 rings (SSSR count). The Bertz CT molecular complexity index is 572. The first-order chi connectivity index (χ1) is 9.51. The minimum atomic E-state index is -0.260. The molecule has 6 heteroatoms. The van der Waals surface area contributed by atoms with Gasteiger partial charge in [0, 0.05) is 18.7 Å². The van der Waals surface area contributed by atoms with Gasteiger partial charge in [0.2, 0.25) is 5.91 Å². The molecule has 1 aromatic rings. The van der Waals surface area contributed by atoms with Crippen LogP contribution in [0, 0.1) is 5.92 Å². The molecule has 2 atom stereocenters. The monoisotopic (exact) mass is 293 g/mol. The molecule has 0 bridgehead atoms. The molecule has 1 aromatic carbocycles. The fourth-order valence-electron chi connectivity index (χ4n) is 2.05. The Balaban J connectivity index is 2.14. The molecular formula is C14H16ClN3O2. The van der Waals surface area contributed by atoms with Gasteiger partial charge in [-0.3, -0.25) is 9.59 Å². The van der Waals surface area contributed by atoms with Gasteiger partial charge >= 0.3 is 0 Å². The van der Waals surface area contributed by atoms with E-state index in [1.807, 2.05) is 6.08 Å². The van der Waals surface area contributed by atoms with Crippen LogP contribution in [0.5, 0.6) is 0 Å². The van der Waals surface area contributed by atoms with E-state index in [4.69, 9.17) is 17.3 Å². The van der Waals surface area contributed by atoms with Crippen molar-refractivity contribution < 1.29 is 9.59 Å². The van der Waals surface area contributed by atoms with Gasteiger partial charge in [-0.15, -0.1) is 0 Å². The molecule has 0 heterocycles. The Morgan fingerprint density at radius 3 is 2.70 bits per heavy atom. The van der Waals surface area contributed by atoms with Gasteiger partial charge in [-0.05, 0) is 24.6 Å². The summed E-state index contributed by atoms with van der Waals surface area (Å²) in [7, 11) is 1.54. The average Bonchev–Trinajstić information content (AvgIpc) is 2.87. The van der Waals surface area contributed by atoms with Crippen LogP contribution in [-0.4, -0.2) is 24.9 Å². The van der Waals surface area contributed by atoms with Gasteiger partial charge in [0.1, 0.15) is 0 Å². The smallest absolute Gasteiger partial charge is 0.251 e. The van der Waals surface area contributed by atoms with Gasteiger partial charge in [0.15, 0.2) is 0 Å². The summed E-state index contributed by atoms with van der Waals surface area (Å²) in [6, 6.07) is 4.65. The molecule has 106 valence electrons. The molecule has 0 aliphatic heterocycles. The molecule has 4 N–H and O–H groups in total. The normalized spacial score (nSPS) is 20.8. The Labute approximate surface area is 122 Å². The Morgan fingerprint density at radius 1 is 1.35 bits per heavy atom. The van der Waals surface area contributed by atoms with Crippen molar-refractivity contribution in [3.63, 3.8) is 0 Å². The summed E-state index contributed by atoms with van der Waals surface area (Å²) in [5, 5.41) is 5.64. The van der Waals surface area contributed by atoms with E-state index in [0.717, 1.165) is 0 Å². The second-order valence-electron chi connectivity index (χ2n) is 4.65. The summed E-state index contributed by atoms with van der Waals surface area (Å²) in [5.74, 6) is -0.671. The summed E-state index contributed by atoms with van der Waals surface area (Å²) >= 11 is 6.03. The van der Waals surface area contributed by atoms with Crippen molar-refractivity contribution in [1.29, 1.82) is 0 Å². The molecule has 0 saturated carbocycles. The molecule has 0 aromatic heterocycles. The topological polar surface area (TPSA) is 84.2 Å². The van der Waals surface area contributed by atoms with E-state index in [0.29, 0.717) is 22.7 Å². The lowest BCUT2D eigenvalue weighted by Crippen LogP contribution is -2.24. The number of hydrogen-bond acceptors (Lipinski definition) is 3. The highest BCUT2D eigenvalue weighted by Gasteiger charge is 2.23. The van der Waals surface area contributed by atoms with Crippen LogP contribution in [0.25, 0.3) is 0 Å². The molecule has 0 fully saturated rings. The van der Waals surface area contributed by atoms with Gasteiger partial charge in [0.25, 0.3) is 5.91 Å². The number of nitrogens with one attached hydrogen (secondary N) is 2. The summed E-state index contributed by atoms with van der Waals surface area (Å²) in [5.41, 5.74) is 6.58. The van der Waals surface area contributed by atoms with E-state index < -0.39 is 0 Å². The first-order valence-electron chi connectivity index (χ1n) is 6.27. The van der Waals surface area contributed by atoms with Crippen molar-refractivity contribution in [3.05, 3.63) is 40.9 Å². The molecule has 0 spiro atoms. The van der Waals surface area contributed by atoms with Crippen LogP contribution < -0.4 is 16.4 Å². The van der Waals surface area contributed by atoms with E-state index in [9.17, 15) is 9.59 Å². The first-order valence-corrected chi connectivity index (χ1v) is 6.65. The molecule has 1 aliphatic rings. The number of hydrogen-bond donors (Lipinski definition) is 3. The third-order valence-corrected chi connectivity index (χ3v) is 3.50. The maximum Gasteiger partial charge on any atom is 0.251 e. The fraction of sp³-hybridized carbons (Fsp3) is 0.286. The van der Waals surface area contributed by atoms with E-state index in [2.05, 4.69) is 10.6 Å². The number of rotatable bonds is 3. The second kappa shape index (κ2) is 6.07. The Kier molecular flexibility index (Phi) is 4.42. The standard InChI is InChI=1S/C14H16ClN3O2/c1-17-13(19)9-3-5-11(15)12(7-9)18-14(20)8-2-4-10(16)6-8/h2-5,7-8,10H,6,16H2,1H3,(H,17,19)(H,18,20). The Hall–Kier alpha value is -1.85. The van der Waals surface area contributed by atoms with Crippen molar-refractivity contribution >= 4 is 29.1 Å². The average molecular weight is 294 g/mol. The van der Waals surface area contributed by atoms with Gasteiger partial charge in [-0.25, -0.2) is 0 Å². The number of amides is 2. The largest absolute Gasteiger partial charge is 0.355 e. The van der Waals surface area contributed by atoms with Crippen LogP contribution in [-0.2, 0) is 4.79 Å². The lowest BCUT2D eigenvalue weighted by molar-refractivity contribution is -0.118. The lowest BCUT2D eigenvalue weighted by Gasteiger charge is -2.12. The van der Waals surface area contributed by atoms with E-state index >= 15 is 0 Å². The number of benzene rings is 1. The van der Waals surface area contributed by atoms with Gasteiger partial charge in [-0.1, -0.05) is 23.8 Å². The van der Waals surface area contributed by atoms with E-state index in [1.165, 1.54) is 0 Å². The molecule has 0 radical (unpaired) electrons. The van der Waals surface area contributed by atoms with Crippen LogP contribution in [0.1, 0.15) is 16.8 Å². The first kappa shape index (κ1) is 14.6. The van der Waals surface area contributed by atoms with Gasteiger partial charge in [0.05, 0.1) is 16.6 Å². The SMILES string of the molecule is CNC(=O)c1ccc(Cl)c(NC(=O)C2C=CC(N)C2)c1. The zero-order chi connectivity index (χ0) is 14.7. The third-order valence-electron chi connectivity index (χ3n) is 3.17. The highest BCUT2D eigenvalue weighted by atomic mass is 35.5. The molecule has 2 unspecified atom stereocenters. The zero-order valence-electron chi connectivity index (χ0n) is 11.0. The van der Waals surface area contributed by atoms with Crippen molar-refractivity contribution in [2.45, 2.75) is 12.5 Å². The highest BCUT2D eigenvalue weighted by Crippen LogP contribution is 2.25. The number of nitrogens with two attached hydrogens (primary N) is 1. The van der Waals surface area contributed by atoms with E-state index in [1.54, 1.807) is 31.3 Å². The molecule has 0 saturated heterocycles. The maximum atomic E-state index is 12.1. The molecule has 1 aliphatic carbocycles. The fourth-order valence-corrected chi connectivity index (χ4v) is 2.22. The summed E-state index contributed by atoms with van der Waals surface area (Å²) in [6.45, 7) is 0. The van der Waals surface area contributed by atoms with Crippen LogP contribution in [0.4, 0.5) is 5.69 Å². The molecule has 2 amide bonds. The Morgan fingerprint density at radius 2 is 2.10 bits per heavy atom. The van der Waals surface area contributed by atoms with Crippen LogP contribution in [0.3, 0.4) is 0 Å². The minimum absolute atomic E-state index is 0.0848.